The van der Waals surface area contributed by atoms with Crippen molar-refractivity contribution in [1.29, 1.82) is 0 Å². The van der Waals surface area contributed by atoms with Crippen LogP contribution in [0.2, 0.25) is 0 Å². The average Bonchev–Trinajstić information content (AvgIpc) is 2.43. The summed E-state index contributed by atoms with van der Waals surface area (Å²) in [5.74, 6) is -2.01. The van der Waals surface area contributed by atoms with Crippen molar-refractivity contribution in [3.8, 4) is 0 Å². The molecule has 0 fully saturated rings. The summed E-state index contributed by atoms with van der Waals surface area (Å²) in [6, 6.07) is 11.0. The molecule has 3 N–H and O–H groups in total. The second-order valence-corrected chi connectivity index (χ2v) is 4.22. The van der Waals surface area contributed by atoms with Crippen LogP contribution in [0, 0.1) is 0 Å². The molecule has 0 aliphatic carbocycles. The minimum absolute atomic E-state index is 0.0378. The van der Waals surface area contributed by atoms with Crippen LogP contribution in [-0.4, -0.2) is 17.0 Å². The molecule has 2 aromatic carbocycles. The topological polar surface area (TPSA) is 80.4 Å². The van der Waals surface area contributed by atoms with Gasteiger partial charge in [0.25, 0.3) is 0 Å². The van der Waals surface area contributed by atoms with E-state index in [-0.39, 0.29) is 5.57 Å². The quantitative estimate of drug-likeness (QED) is 0.835. The normalized spacial score (nSPS) is 11.3. The first-order chi connectivity index (χ1) is 9.54. The molecule has 1 amide bonds. The van der Waals surface area contributed by atoms with E-state index in [1.165, 1.54) is 0 Å². The van der Waals surface area contributed by atoms with E-state index in [2.05, 4.69) is 6.58 Å². The molecule has 0 radical (unpaired) electrons. The Balaban J connectivity index is 2.88. The van der Waals surface area contributed by atoms with Gasteiger partial charge >= 0.3 is 5.97 Å². The van der Waals surface area contributed by atoms with Crippen molar-refractivity contribution in [1.82, 2.24) is 0 Å². The van der Waals surface area contributed by atoms with Gasteiger partial charge in [0.05, 0.1) is 5.57 Å². The van der Waals surface area contributed by atoms with E-state index in [1.54, 1.807) is 12.1 Å². The van der Waals surface area contributed by atoms with Crippen molar-refractivity contribution in [2.45, 2.75) is 0 Å². The maximum Gasteiger partial charge on any atom is 0.329 e. The number of benzene rings is 2. The van der Waals surface area contributed by atoms with Crippen molar-refractivity contribution in [2.75, 3.05) is 0 Å². The Hall–Kier alpha value is -2.88. The molecule has 100 valence electrons. The van der Waals surface area contributed by atoms with Gasteiger partial charge in [-0.05, 0) is 16.3 Å². The fourth-order valence-corrected chi connectivity index (χ4v) is 2.15. The molecule has 0 saturated heterocycles. The van der Waals surface area contributed by atoms with E-state index in [0.29, 0.717) is 11.1 Å². The molecule has 20 heavy (non-hydrogen) atoms. The lowest BCUT2D eigenvalue weighted by atomic mass is 9.92. The number of carboxylic acids is 1. The highest BCUT2D eigenvalue weighted by atomic mass is 16.4. The zero-order valence-corrected chi connectivity index (χ0v) is 10.7. The molecule has 4 heteroatoms. The summed E-state index contributed by atoms with van der Waals surface area (Å²) in [7, 11) is 0. The monoisotopic (exact) mass is 267 g/mol. The number of carboxylic acid groups (broad SMARTS) is 1. The van der Waals surface area contributed by atoms with Crippen LogP contribution in [0.4, 0.5) is 0 Å². The number of rotatable bonds is 4. The lowest BCUT2D eigenvalue weighted by molar-refractivity contribution is -0.131. The summed E-state index contributed by atoms with van der Waals surface area (Å²) in [6.07, 6.45) is 2.40. The van der Waals surface area contributed by atoms with Gasteiger partial charge < -0.3 is 10.8 Å². The number of hydrogen-bond acceptors (Lipinski definition) is 2. The lowest BCUT2D eigenvalue weighted by Crippen LogP contribution is -2.15. The van der Waals surface area contributed by atoms with Gasteiger partial charge in [0.15, 0.2) is 0 Å². The number of nitrogens with two attached hydrogens (primary N) is 1. The van der Waals surface area contributed by atoms with Crippen molar-refractivity contribution >= 4 is 34.3 Å². The van der Waals surface area contributed by atoms with Crippen LogP contribution in [-0.2, 0) is 9.59 Å². The highest BCUT2D eigenvalue weighted by Crippen LogP contribution is 2.29. The van der Waals surface area contributed by atoms with Crippen LogP contribution >= 0.6 is 0 Å². The maximum atomic E-state index is 11.6. The van der Waals surface area contributed by atoms with Crippen LogP contribution in [0.1, 0.15) is 11.1 Å². The summed E-state index contributed by atoms with van der Waals surface area (Å²) in [4.78, 5) is 22.5. The molecule has 2 rings (SSSR count). The van der Waals surface area contributed by atoms with Crippen LogP contribution in [0.15, 0.2) is 49.1 Å². The maximum absolute atomic E-state index is 11.6. The van der Waals surface area contributed by atoms with E-state index >= 15 is 0 Å². The molecule has 0 spiro atoms. The van der Waals surface area contributed by atoms with Gasteiger partial charge in [0, 0.05) is 11.6 Å². The van der Waals surface area contributed by atoms with Gasteiger partial charge in [-0.3, -0.25) is 4.79 Å². The van der Waals surface area contributed by atoms with Crippen molar-refractivity contribution in [3.05, 3.63) is 60.2 Å². The van der Waals surface area contributed by atoms with E-state index < -0.39 is 11.9 Å². The first kappa shape index (κ1) is 13.5. The summed E-state index contributed by atoms with van der Waals surface area (Å²) in [5, 5.41) is 10.6. The summed E-state index contributed by atoms with van der Waals surface area (Å²) >= 11 is 0. The van der Waals surface area contributed by atoms with Gasteiger partial charge in [-0.15, -0.1) is 0 Å². The highest BCUT2D eigenvalue weighted by molar-refractivity contribution is 6.26. The van der Waals surface area contributed by atoms with Crippen molar-refractivity contribution in [3.63, 3.8) is 0 Å². The van der Waals surface area contributed by atoms with Crippen molar-refractivity contribution in [2.24, 2.45) is 5.73 Å². The van der Waals surface area contributed by atoms with Gasteiger partial charge in [-0.1, -0.05) is 49.1 Å². The standard InChI is InChI=1S/C16H13NO3/c1-2-10-7-8-11-5-3-4-6-12(11)15(10)13(16(17)20)9-14(18)19/h2-9H,1H2,(H2,17,20)(H,18,19). The molecule has 0 aliphatic rings. The fourth-order valence-electron chi connectivity index (χ4n) is 2.15. The van der Waals surface area contributed by atoms with Crippen LogP contribution in [0.5, 0.6) is 0 Å². The van der Waals surface area contributed by atoms with E-state index in [9.17, 15) is 9.59 Å². The Morgan fingerprint density at radius 1 is 1.15 bits per heavy atom. The molecule has 2 aromatic rings. The van der Waals surface area contributed by atoms with Gasteiger partial charge in [0.2, 0.25) is 5.91 Å². The first-order valence-electron chi connectivity index (χ1n) is 5.93. The van der Waals surface area contributed by atoms with Crippen LogP contribution in [0.25, 0.3) is 22.4 Å². The average molecular weight is 267 g/mol. The smallest absolute Gasteiger partial charge is 0.329 e. The molecule has 0 saturated carbocycles. The Bertz CT molecular complexity index is 744. The van der Waals surface area contributed by atoms with Gasteiger partial charge in [0.1, 0.15) is 0 Å². The summed E-state index contributed by atoms with van der Waals surface area (Å²) in [6.45, 7) is 3.69. The summed E-state index contributed by atoms with van der Waals surface area (Å²) in [5.41, 5.74) is 6.44. The summed E-state index contributed by atoms with van der Waals surface area (Å²) < 4.78 is 0. The van der Waals surface area contributed by atoms with E-state index in [0.717, 1.165) is 16.8 Å². The zero-order chi connectivity index (χ0) is 14.7. The van der Waals surface area contributed by atoms with Crippen molar-refractivity contribution < 1.29 is 14.7 Å². The van der Waals surface area contributed by atoms with E-state index in [1.807, 2.05) is 30.3 Å². The Labute approximate surface area is 115 Å². The second kappa shape index (κ2) is 5.40. The number of carbonyl (C=O) groups is 2. The molecule has 0 bridgehead atoms. The molecule has 0 aliphatic heterocycles. The SMILES string of the molecule is C=Cc1ccc2ccccc2c1C(=CC(=O)O)C(N)=O. The van der Waals surface area contributed by atoms with E-state index in [4.69, 9.17) is 10.8 Å². The van der Waals surface area contributed by atoms with Gasteiger partial charge in [-0.25, -0.2) is 4.79 Å². The molecule has 0 aromatic heterocycles. The predicted molar refractivity (Wildman–Crippen MR) is 78.8 cm³/mol. The first-order valence-corrected chi connectivity index (χ1v) is 5.93. The second-order valence-electron chi connectivity index (χ2n) is 4.22. The third kappa shape index (κ3) is 2.44. The third-order valence-corrected chi connectivity index (χ3v) is 2.98. The molecule has 0 heterocycles. The largest absolute Gasteiger partial charge is 0.478 e. The minimum atomic E-state index is -1.22. The van der Waals surface area contributed by atoms with Gasteiger partial charge in [-0.2, -0.15) is 0 Å². The van der Waals surface area contributed by atoms with Crippen LogP contribution in [0.3, 0.4) is 0 Å². The Kier molecular flexibility index (Phi) is 3.66. The Morgan fingerprint density at radius 3 is 2.45 bits per heavy atom. The minimum Gasteiger partial charge on any atom is -0.478 e. The number of amides is 1. The number of fused-ring (bicyclic) bond motifs is 1. The third-order valence-electron chi connectivity index (χ3n) is 2.98. The molecule has 0 unspecified atom stereocenters. The van der Waals surface area contributed by atoms with Crippen LogP contribution < -0.4 is 5.73 Å². The Morgan fingerprint density at radius 2 is 1.85 bits per heavy atom. The lowest BCUT2D eigenvalue weighted by Gasteiger charge is -2.11. The molecule has 0 atom stereocenters. The molecular formula is C16H13NO3. The predicted octanol–water partition coefficient (Wildman–Crippen LogP) is 2.44. The number of carbonyl (C=O) groups excluding carboxylic acids is 1. The zero-order valence-electron chi connectivity index (χ0n) is 10.7. The highest BCUT2D eigenvalue weighted by Gasteiger charge is 2.16. The number of aliphatic carboxylic acids is 1. The fraction of sp³-hybridized carbons (Fsp3) is 0. The number of primary amides is 1. The molecule has 4 nitrogen and oxygen atoms in total. The number of hydrogen-bond donors (Lipinski definition) is 2. The molecular weight excluding hydrogens is 254 g/mol.